The van der Waals surface area contributed by atoms with Gasteiger partial charge in [0.2, 0.25) is 0 Å². The first-order valence-electron chi connectivity index (χ1n) is 7.54. The van der Waals surface area contributed by atoms with Crippen LogP contribution in [-0.4, -0.2) is 67.7 Å². The van der Waals surface area contributed by atoms with E-state index in [-0.39, 0.29) is 6.10 Å². The van der Waals surface area contributed by atoms with Crippen molar-refractivity contribution in [1.29, 1.82) is 0 Å². The summed E-state index contributed by atoms with van der Waals surface area (Å²) in [5, 5.41) is 0. The number of ether oxygens (including phenoxy) is 1. The summed E-state index contributed by atoms with van der Waals surface area (Å²) in [6, 6.07) is 0. The van der Waals surface area contributed by atoms with Crippen molar-refractivity contribution in [3.63, 3.8) is 0 Å². The molecule has 0 aliphatic carbocycles. The second-order valence-corrected chi connectivity index (χ2v) is 5.92. The predicted molar refractivity (Wildman–Crippen MR) is 78.3 cm³/mol. The Labute approximate surface area is 116 Å². The molecule has 2 aliphatic rings. The first-order valence-corrected chi connectivity index (χ1v) is 7.54. The third kappa shape index (κ3) is 4.66. The molecule has 2 N–H and O–H groups in total. The molecule has 2 fully saturated rings. The number of hydrogen-bond donors (Lipinski definition) is 1. The summed E-state index contributed by atoms with van der Waals surface area (Å²) in [5.74, 6) is 1.51. The summed E-state index contributed by atoms with van der Waals surface area (Å²) in [6.07, 6.45) is 2.94. The van der Waals surface area contributed by atoms with Crippen LogP contribution < -0.4 is 5.73 Å². The van der Waals surface area contributed by atoms with Crippen LogP contribution in [0.4, 0.5) is 0 Å². The minimum absolute atomic E-state index is 0.255. The van der Waals surface area contributed by atoms with Crippen LogP contribution in [0.1, 0.15) is 26.7 Å². The lowest BCUT2D eigenvalue weighted by Crippen LogP contribution is -2.48. The van der Waals surface area contributed by atoms with E-state index in [0.717, 1.165) is 38.7 Å². The van der Waals surface area contributed by atoms with Gasteiger partial charge in [0.15, 0.2) is 5.96 Å². The summed E-state index contributed by atoms with van der Waals surface area (Å²) in [5.41, 5.74) is 6.06. The van der Waals surface area contributed by atoms with Gasteiger partial charge < -0.3 is 20.3 Å². The van der Waals surface area contributed by atoms with Gasteiger partial charge >= 0.3 is 0 Å². The monoisotopic (exact) mass is 268 g/mol. The van der Waals surface area contributed by atoms with E-state index >= 15 is 0 Å². The van der Waals surface area contributed by atoms with Crippen molar-refractivity contribution in [2.75, 3.05) is 45.9 Å². The van der Waals surface area contributed by atoms with Crippen molar-refractivity contribution in [3.05, 3.63) is 0 Å². The van der Waals surface area contributed by atoms with Gasteiger partial charge in [0, 0.05) is 26.2 Å². The minimum Gasteiger partial charge on any atom is -0.375 e. The number of guanidine groups is 1. The van der Waals surface area contributed by atoms with E-state index in [9.17, 15) is 0 Å². The molecule has 0 saturated carbocycles. The highest BCUT2D eigenvalue weighted by atomic mass is 16.5. The third-order valence-electron chi connectivity index (χ3n) is 4.00. The Hall–Kier alpha value is -0.810. The SMILES string of the molecule is CC1CCCN(CCN=C(N)N2CCOC(C)C2)C1. The van der Waals surface area contributed by atoms with Gasteiger partial charge in [-0.1, -0.05) is 6.92 Å². The second-order valence-electron chi connectivity index (χ2n) is 5.92. The maximum atomic E-state index is 6.06. The summed E-state index contributed by atoms with van der Waals surface area (Å²) >= 11 is 0. The van der Waals surface area contributed by atoms with Crippen LogP contribution in [0.15, 0.2) is 4.99 Å². The number of nitrogens with zero attached hydrogens (tertiary/aromatic N) is 3. The molecule has 0 bridgehead atoms. The number of hydrogen-bond acceptors (Lipinski definition) is 3. The van der Waals surface area contributed by atoms with Gasteiger partial charge in [-0.15, -0.1) is 0 Å². The normalized spacial score (nSPS) is 30.6. The first-order chi connectivity index (χ1) is 9.15. The van der Waals surface area contributed by atoms with E-state index in [4.69, 9.17) is 10.5 Å². The van der Waals surface area contributed by atoms with Gasteiger partial charge in [0.05, 0.1) is 19.3 Å². The third-order valence-corrected chi connectivity index (χ3v) is 4.00. The van der Waals surface area contributed by atoms with Gasteiger partial charge in [-0.05, 0) is 32.2 Å². The highest BCUT2D eigenvalue weighted by Gasteiger charge is 2.18. The van der Waals surface area contributed by atoms with Crippen LogP contribution in [0.3, 0.4) is 0 Å². The van der Waals surface area contributed by atoms with E-state index in [2.05, 4.69) is 28.6 Å². The minimum atomic E-state index is 0.255. The molecular formula is C14H28N4O. The van der Waals surface area contributed by atoms with Crippen LogP contribution in [0, 0.1) is 5.92 Å². The summed E-state index contributed by atoms with van der Waals surface area (Å²) in [4.78, 5) is 9.16. The molecule has 2 rings (SSSR count). The Kier molecular flexibility index (Phi) is 5.45. The standard InChI is InChI=1S/C14H28N4O/c1-12-4-3-6-17(10-12)7-5-16-14(15)18-8-9-19-13(2)11-18/h12-13H,3-11H2,1-2H3,(H2,15,16). The molecule has 19 heavy (non-hydrogen) atoms. The quantitative estimate of drug-likeness (QED) is 0.606. The predicted octanol–water partition coefficient (Wildman–Crippen LogP) is 0.754. The molecule has 2 aliphatic heterocycles. The van der Waals surface area contributed by atoms with E-state index in [1.165, 1.54) is 25.9 Å². The van der Waals surface area contributed by atoms with Crippen LogP contribution >= 0.6 is 0 Å². The van der Waals surface area contributed by atoms with Crippen LogP contribution in [0.25, 0.3) is 0 Å². The molecule has 0 aromatic rings. The molecule has 2 heterocycles. The highest BCUT2D eigenvalue weighted by molar-refractivity contribution is 5.78. The zero-order valence-corrected chi connectivity index (χ0v) is 12.3. The fourth-order valence-electron chi connectivity index (χ4n) is 2.92. The van der Waals surface area contributed by atoms with E-state index < -0.39 is 0 Å². The highest BCUT2D eigenvalue weighted by Crippen LogP contribution is 2.14. The van der Waals surface area contributed by atoms with Gasteiger partial charge in [-0.2, -0.15) is 0 Å². The van der Waals surface area contributed by atoms with Crippen molar-refractivity contribution in [3.8, 4) is 0 Å². The number of piperidine rings is 1. The Balaban J connectivity index is 1.72. The Morgan fingerprint density at radius 1 is 1.32 bits per heavy atom. The van der Waals surface area contributed by atoms with Crippen molar-refractivity contribution < 1.29 is 4.74 Å². The fraction of sp³-hybridized carbons (Fsp3) is 0.929. The zero-order valence-electron chi connectivity index (χ0n) is 12.3. The largest absolute Gasteiger partial charge is 0.375 e. The molecular weight excluding hydrogens is 240 g/mol. The number of nitrogens with two attached hydrogens (primary N) is 1. The van der Waals surface area contributed by atoms with Gasteiger partial charge in [0.25, 0.3) is 0 Å². The lowest BCUT2D eigenvalue weighted by Gasteiger charge is -2.32. The van der Waals surface area contributed by atoms with Crippen LogP contribution in [-0.2, 0) is 4.74 Å². The lowest BCUT2D eigenvalue weighted by atomic mass is 10.0. The van der Waals surface area contributed by atoms with Gasteiger partial charge in [-0.25, -0.2) is 0 Å². The Bertz CT molecular complexity index is 308. The summed E-state index contributed by atoms with van der Waals surface area (Å²) in [7, 11) is 0. The maximum Gasteiger partial charge on any atom is 0.191 e. The fourth-order valence-corrected chi connectivity index (χ4v) is 2.92. The van der Waals surface area contributed by atoms with Crippen molar-refractivity contribution in [1.82, 2.24) is 9.80 Å². The molecule has 110 valence electrons. The first kappa shape index (κ1) is 14.6. The average molecular weight is 268 g/mol. The van der Waals surface area contributed by atoms with Crippen molar-refractivity contribution in [2.24, 2.45) is 16.6 Å². The maximum absolute atomic E-state index is 6.06. The molecule has 0 radical (unpaired) electrons. The van der Waals surface area contributed by atoms with Gasteiger partial charge in [0.1, 0.15) is 0 Å². The molecule has 5 heteroatoms. The lowest BCUT2D eigenvalue weighted by molar-refractivity contribution is 0.00528. The molecule has 0 amide bonds. The summed E-state index contributed by atoms with van der Waals surface area (Å²) < 4.78 is 5.51. The molecule has 2 saturated heterocycles. The Morgan fingerprint density at radius 2 is 2.16 bits per heavy atom. The smallest absolute Gasteiger partial charge is 0.191 e. The number of rotatable bonds is 3. The van der Waals surface area contributed by atoms with Crippen LogP contribution in [0.5, 0.6) is 0 Å². The second kappa shape index (κ2) is 7.10. The molecule has 0 aromatic carbocycles. The molecule has 2 atom stereocenters. The van der Waals surface area contributed by atoms with Crippen LogP contribution in [0.2, 0.25) is 0 Å². The van der Waals surface area contributed by atoms with E-state index in [0.29, 0.717) is 5.96 Å². The molecule has 2 unspecified atom stereocenters. The van der Waals surface area contributed by atoms with E-state index in [1.807, 2.05) is 0 Å². The number of likely N-dealkylation sites (tertiary alicyclic amines) is 1. The number of aliphatic imine (C=N–C) groups is 1. The topological polar surface area (TPSA) is 54.1 Å². The van der Waals surface area contributed by atoms with Gasteiger partial charge in [-0.3, -0.25) is 4.99 Å². The molecule has 0 spiro atoms. The zero-order chi connectivity index (χ0) is 13.7. The number of morpholine rings is 1. The average Bonchev–Trinajstić information content (AvgIpc) is 2.38. The molecule has 0 aromatic heterocycles. The van der Waals surface area contributed by atoms with E-state index in [1.54, 1.807) is 0 Å². The van der Waals surface area contributed by atoms with Crippen molar-refractivity contribution in [2.45, 2.75) is 32.8 Å². The van der Waals surface area contributed by atoms with Crippen molar-refractivity contribution >= 4 is 5.96 Å². The Morgan fingerprint density at radius 3 is 2.89 bits per heavy atom. The molecule has 5 nitrogen and oxygen atoms in total. The summed E-state index contributed by atoms with van der Waals surface area (Å²) in [6.45, 7) is 11.2.